The van der Waals surface area contributed by atoms with Crippen LogP contribution in [0.4, 0.5) is 10.2 Å². The Morgan fingerprint density at radius 1 is 1.33 bits per heavy atom. The molecule has 2 aromatic heterocycles. The van der Waals surface area contributed by atoms with Crippen molar-refractivity contribution < 1.29 is 23.2 Å². The summed E-state index contributed by atoms with van der Waals surface area (Å²) < 4.78 is 23.9. The van der Waals surface area contributed by atoms with Crippen molar-refractivity contribution in [3.05, 3.63) is 46.8 Å². The smallest absolute Gasteiger partial charge is 0.349 e. The first-order chi connectivity index (χ1) is 11.4. The largest absolute Gasteiger partial charge is 0.448 e. The van der Waals surface area contributed by atoms with Crippen LogP contribution in [0.15, 0.2) is 34.9 Å². The van der Waals surface area contributed by atoms with E-state index >= 15 is 0 Å². The van der Waals surface area contributed by atoms with E-state index in [-0.39, 0.29) is 11.6 Å². The van der Waals surface area contributed by atoms with Gasteiger partial charge in [0.2, 0.25) is 0 Å². The summed E-state index contributed by atoms with van der Waals surface area (Å²) in [4.78, 5) is 24.4. The number of ether oxygens (including phenoxy) is 1. The molecule has 0 radical (unpaired) electrons. The molecular weight excluding hydrogens is 335 g/mol. The van der Waals surface area contributed by atoms with E-state index in [0.717, 1.165) is 4.70 Å². The Hall–Kier alpha value is -2.74. The van der Waals surface area contributed by atoms with Gasteiger partial charge in [-0.25, -0.2) is 9.18 Å². The van der Waals surface area contributed by atoms with Gasteiger partial charge in [0.05, 0.1) is 0 Å². The van der Waals surface area contributed by atoms with Gasteiger partial charge in [0, 0.05) is 10.8 Å². The van der Waals surface area contributed by atoms with E-state index in [9.17, 15) is 14.0 Å². The standard InChI is InChI=1S/C16H13FN2O4S/c1-8-5-14(19-23-8)18-15(20)9(2)22-16(21)13-7-10-6-11(17)3-4-12(10)24-13/h3-7,9H,1-2H3,(H,18,19,20)/t9-/m0/s1. The number of hydrogen-bond donors (Lipinski definition) is 1. The molecule has 1 N–H and O–H groups in total. The summed E-state index contributed by atoms with van der Waals surface area (Å²) in [5, 5.41) is 6.73. The van der Waals surface area contributed by atoms with Crippen molar-refractivity contribution in [2.24, 2.45) is 0 Å². The maximum Gasteiger partial charge on any atom is 0.349 e. The average molecular weight is 348 g/mol. The molecule has 6 nitrogen and oxygen atoms in total. The molecule has 8 heteroatoms. The zero-order valence-electron chi connectivity index (χ0n) is 12.8. The summed E-state index contributed by atoms with van der Waals surface area (Å²) in [7, 11) is 0. The lowest BCUT2D eigenvalue weighted by Crippen LogP contribution is -2.29. The van der Waals surface area contributed by atoms with Crippen LogP contribution in [0.25, 0.3) is 10.1 Å². The Morgan fingerprint density at radius 3 is 2.83 bits per heavy atom. The number of aryl methyl sites for hydroxylation is 1. The van der Waals surface area contributed by atoms with Gasteiger partial charge in [0.1, 0.15) is 16.5 Å². The average Bonchev–Trinajstić information content (AvgIpc) is 3.12. The van der Waals surface area contributed by atoms with Crippen LogP contribution in [-0.2, 0) is 9.53 Å². The summed E-state index contributed by atoms with van der Waals surface area (Å²) in [5.74, 6) is -0.750. The molecule has 0 unspecified atom stereocenters. The lowest BCUT2D eigenvalue weighted by Gasteiger charge is -2.11. The second-order valence-corrected chi connectivity index (χ2v) is 6.24. The van der Waals surface area contributed by atoms with Gasteiger partial charge in [-0.15, -0.1) is 11.3 Å². The van der Waals surface area contributed by atoms with Gasteiger partial charge in [-0.3, -0.25) is 4.79 Å². The number of hydrogen-bond acceptors (Lipinski definition) is 6. The van der Waals surface area contributed by atoms with Gasteiger partial charge in [-0.2, -0.15) is 0 Å². The topological polar surface area (TPSA) is 81.4 Å². The van der Waals surface area contributed by atoms with Crippen LogP contribution < -0.4 is 5.32 Å². The highest BCUT2D eigenvalue weighted by molar-refractivity contribution is 7.20. The Bertz CT molecular complexity index is 918. The molecule has 1 amide bonds. The maximum absolute atomic E-state index is 13.2. The Balaban J connectivity index is 1.67. The number of thiophene rings is 1. The first kappa shape index (κ1) is 16.1. The van der Waals surface area contributed by atoms with Gasteiger partial charge in [0.25, 0.3) is 5.91 Å². The van der Waals surface area contributed by atoms with Crippen LogP contribution in [0.3, 0.4) is 0 Å². The van der Waals surface area contributed by atoms with E-state index in [0.29, 0.717) is 16.0 Å². The molecule has 0 spiro atoms. The minimum absolute atomic E-state index is 0.248. The molecule has 3 rings (SSSR count). The molecule has 24 heavy (non-hydrogen) atoms. The van der Waals surface area contributed by atoms with Crippen LogP contribution in [0.1, 0.15) is 22.4 Å². The number of carbonyl (C=O) groups excluding carboxylic acids is 2. The van der Waals surface area contributed by atoms with E-state index in [1.165, 1.54) is 36.5 Å². The molecule has 0 bridgehead atoms. The highest BCUT2D eigenvalue weighted by atomic mass is 32.1. The molecule has 1 atom stereocenters. The number of rotatable bonds is 4. The third-order valence-electron chi connectivity index (χ3n) is 3.21. The van der Waals surface area contributed by atoms with Gasteiger partial charge >= 0.3 is 5.97 Å². The number of halogens is 1. The number of carbonyl (C=O) groups is 2. The fraction of sp³-hybridized carbons (Fsp3) is 0.188. The number of aromatic nitrogens is 1. The van der Waals surface area contributed by atoms with E-state index in [1.807, 2.05) is 0 Å². The maximum atomic E-state index is 13.2. The molecule has 0 aliphatic rings. The number of fused-ring (bicyclic) bond motifs is 1. The van der Waals surface area contributed by atoms with E-state index in [2.05, 4.69) is 10.5 Å². The molecule has 0 saturated carbocycles. The van der Waals surface area contributed by atoms with Crippen molar-refractivity contribution in [3.63, 3.8) is 0 Å². The second-order valence-electron chi connectivity index (χ2n) is 5.15. The normalized spacial score (nSPS) is 12.1. The zero-order valence-corrected chi connectivity index (χ0v) is 13.6. The fourth-order valence-electron chi connectivity index (χ4n) is 2.04. The number of nitrogens with zero attached hydrogens (tertiary/aromatic N) is 1. The highest BCUT2D eigenvalue weighted by Gasteiger charge is 2.21. The number of benzene rings is 1. The fourth-order valence-corrected chi connectivity index (χ4v) is 2.97. The lowest BCUT2D eigenvalue weighted by atomic mass is 10.2. The predicted molar refractivity (Wildman–Crippen MR) is 86.5 cm³/mol. The molecule has 3 aromatic rings. The summed E-state index contributed by atoms with van der Waals surface area (Å²) in [6.45, 7) is 3.14. The molecule has 0 saturated heterocycles. The lowest BCUT2D eigenvalue weighted by molar-refractivity contribution is -0.123. The van der Waals surface area contributed by atoms with E-state index in [1.54, 1.807) is 19.1 Å². The molecule has 0 fully saturated rings. The first-order valence-electron chi connectivity index (χ1n) is 7.06. The van der Waals surface area contributed by atoms with Crippen LogP contribution in [0, 0.1) is 12.7 Å². The minimum Gasteiger partial charge on any atom is -0.448 e. The van der Waals surface area contributed by atoms with Crippen molar-refractivity contribution in [2.45, 2.75) is 20.0 Å². The summed E-state index contributed by atoms with van der Waals surface area (Å²) in [6.07, 6.45) is -1.02. The number of anilines is 1. The third kappa shape index (κ3) is 3.43. The van der Waals surface area contributed by atoms with Crippen LogP contribution in [0.5, 0.6) is 0 Å². The highest BCUT2D eigenvalue weighted by Crippen LogP contribution is 2.27. The monoisotopic (exact) mass is 348 g/mol. The van der Waals surface area contributed by atoms with Crippen molar-refractivity contribution in [1.82, 2.24) is 5.16 Å². The Kier molecular flexibility index (Phi) is 4.30. The third-order valence-corrected chi connectivity index (χ3v) is 4.31. The van der Waals surface area contributed by atoms with Crippen LogP contribution in [0.2, 0.25) is 0 Å². The molecule has 2 heterocycles. The van der Waals surface area contributed by atoms with Gasteiger partial charge < -0.3 is 14.6 Å². The molecule has 1 aromatic carbocycles. The Morgan fingerprint density at radius 2 is 2.12 bits per heavy atom. The summed E-state index contributed by atoms with van der Waals surface area (Å²) >= 11 is 1.17. The van der Waals surface area contributed by atoms with Gasteiger partial charge in [0.15, 0.2) is 11.9 Å². The zero-order chi connectivity index (χ0) is 17.3. The Labute approximate surface area is 140 Å². The number of esters is 1. The first-order valence-corrected chi connectivity index (χ1v) is 7.88. The van der Waals surface area contributed by atoms with Crippen LogP contribution in [-0.4, -0.2) is 23.1 Å². The number of amides is 1. The predicted octanol–water partition coefficient (Wildman–Crippen LogP) is 3.52. The van der Waals surface area contributed by atoms with Crippen molar-refractivity contribution in [2.75, 3.05) is 5.32 Å². The summed E-state index contributed by atoms with van der Waals surface area (Å²) in [5.41, 5.74) is 0. The molecule has 0 aliphatic carbocycles. The molecule has 0 aliphatic heterocycles. The minimum atomic E-state index is -1.02. The molecule has 124 valence electrons. The number of nitrogens with one attached hydrogen (secondary N) is 1. The second kappa shape index (κ2) is 6.40. The summed E-state index contributed by atoms with van der Waals surface area (Å²) in [6, 6.07) is 7.34. The SMILES string of the molecule is Cc1cc(NC(=O)[C@H](C)OC(=O)c2cc3cc(F)ccc3s2)no1. The van der Waals surface area contributed by atoms with Crippen molar-refractivity contribution in [1.29, 1.82) is 0 Å². The molecular formula is C16H13FN2O4S. The van der Waals surface area contributed by atoms with E-state index in [4.69, 9.17) is 9.26 Å². The quantitative estimate of drug-likeness (QED) is 0.730. The van der Waals surface area contributed by atoms with Crippen molar-refractivity contribution in [3.8, 4) is 0 Å². The van der Waals surface area contributed by atoms with Crippen molar-refractivity contribution >= 4 is 39.1 Å². The van der Waals surface area contributed by atoms with Gasteiger partial charge in [-0.1, -0.05) is 5.16 Å². The van der Waals surface area contributed by atoms with Crippen LogP contribution >= 0.6 is 11.3 Å². The van der Waals surface area contributed by atoms with Gasteiger partial charge in [-0.05, 0) is 43.5 Å². The van der Waals surface area contributed by atoms with E-state index < -0.39 is 18.0 Å².